The van der Waals surface area contributed by atoms with E-state index in [0.29, 0.717) is 0 Å². The fourth-order valence-corrected chi connectivity index (χ4v) is 3.08. The number of carboxylic acids is 1. The van der Waals surface area contributed by atoms with Crippen molar-refractivity contribution in [3.63, 3.8) is 0 Å². The van der Waals surface area contributed by atoms with E-state index in [1.54, 1.807) is 27.8 Å². The monoisotopic (exact) mass is 503 g/mol. The van der Waals surface area contributed by atoms with Crippen LogP contribution in [0.3, 0.4) is 0 Å². The SMILES string of the molecule is CC[C@H](C)[C@H](CC(=O)OC(C)(C)C)C(=O)N(C)OC.CC[C@H](C)[C@H](CC(=O)OC(C)(C)C)C(=O)O. The molecule has 0 aliphatic carbocycles. The van der Waals surface area contributed by atoms with Gasteiger partial charge in [0.1, 0.15) is 11.2 Å². The van der Waals surface area contributed by atoms with E-state index >= 15 is 0 Å². The van der Waals surface area contributed by atoms with E-state index in [1.807, 2.05) is 48.5 Å². The molecule has 1 amide bonds. The van der Waals surface area contributed by atoms with Crippen molar-refractivity contribution in [2.75, 3.05) is 14.2 Å². The van der Waals surface area contributed by atoms with Gasteiger partial charge in [0, 0.05) is 7.05 Å². The minimum Gasteiger partial charge on any atom is -0.481 e. The lowest BCUT2D eigenvalue weighted by atomic mass is 9.88. The summed E-state index contributed by atoms with van der Waals surface area (Å²) in [5.74, 6) is -2.91. The van der Waals surface area contributed by atoms with E-state index in [1.165, 1.54) is 12.2 Å². The van der Waals surface area contributed by atoms with Crippen LogP contribution in [-0.4, -0.2) is 59.3 Å². The highest BCUT2D eigenvalue weighted by Gasteiger charge is 2.31. The molecule has 0 saturated heterocycles. The third-order valence-electron chi connectivity index (χ3n) is 5.49. The van der Waals surface area contributed by atoms with Crippen LogP contribution < -0.4 is 0 Å². The average molecular weight is 504 g/mol. The molecule has 0 spiro atoms. The van der Waals surface area contributed by atoms with Gasteiger partial charge in [-0.3, -0.25) is 24.0 Å². The van der Waals surface area contributed by atoms with Gasteiger partial charge in [-0.25, -0.2) is 5.06 Å². The molecule has 0 heterocycles. The quantitative estimate of drug-likeness (QED) is 0.313. The first kappa shape index (κ1) is 35.0. The largest absolute Gasteiger partial charge is 0.481 e. The summed E-state index contributed by atoms with van der Waals surface area (Å²) in [6.45, 7) is 18.4. The molecule has 35 heavy (non-hydrogen) atoms. The van der Waals surface area contributed by atoms with Crippen LogP contribution in [0.2, 0.25) is 0 Å². The minimum atomic E-state index is -0.930. The summed E-state index contributed by atoms with van der Waals surface area (Å²) in [6.07, 6.45) is 1.58. The molecule has 0 fully saturated rings. The zero-order chi connectivity index (χ0) is 28.1. The van der Waals surface area contributed by atoms with Crippen molar-refractivity contribution in [3.8, 4) is 0 Å². The predicted molar refractivity (Wildman–Crippen MR) is 134 cm³/mol. The van der Waals surface area contributed by atoms with E-state index in [2.05, 4.69) is 0 Å². The average Bonchev–Trinajstić information content (AvgIpc) is 2.71. The maximum Gasteiger partial charge on any atom is 0.307 e. The Bertz CT molecular complexity index is 678. The third-order valence-corrected chi connectivity index (χ3v) is 5.49. The second-order valence-corrected chi connectivity index (χ2v) is 10.9. The van der Waals surface area contributed by atoms with Gasteiger partial charge in [-0.15, -0.1) is 0 Å². The molecular formula is C26H49NO8. The normalized spacial score (nSPS) is 15.0. The summed E-state index contributed by atoms with van der Waals surface area (Å²) >= 11 is 0. The summed E-state index contributed by atoms with van der Waals surface area (Å²) in [4.78, 5) is 51.4. The van der Waals surface area contributed by atoms with E-state index in [-0.39, 0.29) is 36.6 Å². The lowest BCUT2D eigenvalue weighted by Gasteiger charge is -2.27. The van der Waals surface area contributed by atoms with Gasteiger partial charge in [0.25, 0.3) is 0 Å². The van der Waals surface area contributed by atoms with Crippen LogP contribution in [0.15, 0.2) is 0 Å². The van der Waals surface area contributed by atoms with E-state index in [9.17, 15) is 19.2 Å². The number of hydroxylamine groups is 2. The highest BCUT2D eigenvalue weighted by Crippen LogP contribution is 2.23. The molecule has 1 N–H and O–H groups in total. The molecule has 206 valence electrons. The number of carbonyl (C=O) groups excluding carboxylic acids is 3. The van der Waals surface area contributed by atoms with Crippen molar-refractivity contribution in [2.45, 2.75) is 106 Å². The number of carbonyl (C=O) groups is 4. The van der Waals surface area contributed by atoms with Crippen LogP contribution in [0.4, 0.5) is 0 Å². The van der Waals surface area contributed by atoms with Crippen molar-refractivity contribution in [1.82, 2.24) is 5.06 Å². The Kier molecular flexibility index (Phi) is 15.8. The number of hydrogen-bond acceptors (Lipinski definition) is 7. The molecule has 9 nitrogen and oxygen atoms in total. The summed E-state index contributed by atoms with van der Waals surface area (Å²) in [7, 11) is 2.98. The minimum absolute atomic E-state index is 0.0231. The fourth-order valence-electron chi connectivity index (χ4n) is 3.08. The molecule has 0 unspecified atom stereocenters. The van der Waals surface area contributed by atoms with E-state index < -0.39 is 35.0 Å². The van der Waals surface area contributed by atoms with Crippen molar-refractivity contribution < 1.29 is 38.6 Å². The molecule has 0 rings (SSSR count). The van der Waals surface area contributed by atoms with Gasteiger partial charge in [0.05, 0.1) is 31.8 Å². The summed E-state index contributed by atoms with van der Waals surface area (Å²) < 4.78 is 10.4. The smallest absolute Gasteiger partial charge is 0.307 e. The van der Waals surface area contributed by atoms with Gasteiger partial charge >= 0.3 is 17.9 Å². The van der Waals surface area contributed by atoms with Gasteiger partial charge in [0.15, 0.2) is 0 Å². The Morgan fingerprint density at radius 3 is 1.40 bits per heavy atom. The molecule has 4 atom stereocenters. The zero-order valence-corrected chi connectivity index (χ0v) is 23.9. The summed E-state index contributed by atoms with van der Waals surface area (Å²) in [5, 5.41) is 10.2. The first-order valence-electron chi connectivity index (χ1n) is 12.3. The highest BCUT2D eigenvalue weighted by molar-refractivity contribution is 5.83. The van der Waals surface area contributed by atoms with Gasteiger partial charge in [0.2, 0.25) is 5.91 Å². The molecule has 0 aromatic rings. The van der Waals surface area contributed by atoms with Crippen LogP contribution in [0.5, 0.6) is 0 Å². The van der Waals surface area contributed by atoms with Gasteiger partial charge in [-0.2, -0.15) is 0 Å². The van der Waals surface area contributed by atoms with Crippen molar-refractivity contribution in [1.29, 1.82) is 0 Å². The Morgan fingerprint density at radius 2 is 1.11 bits per heavy atom. The zero-order valence-electron chi connectivity index (χ0n) is 23.9. The highest BCUT2D eigenvalue weighted by atomic mass is 16.7. The number of nitrogens with zero attached hydrogens (tertiary/aromatic N) is 1. The van der Waals surface area contributed by atoms with Crippen LogP contribution >= 0.6 is 0 Å². The molecule has 0 bridgehead atoms. The maximum absolute atomic E-state index is 12.2. The number of carboxylic acid groups (broad SMARTS) is 1. The van der Waals surface area contributed by atoms with Crippen LogP contribution in [0.25, 0.3) is 0 Å². The number of esters is 2. The second kappa shape index (κ2) is 15.8. The summed E-state index contributed by atoms with van der Waals surface area (Å²) in [5.41, 5.74) is -1.09. The Morgan fingerprint density at radius 1 is 0.771 bits per heavy atom. The first-order valence-corrected chi connectivity index (χ1v) is 12.3. The Labute approximate surface area is 211 Å². The van der Waals surface area contributed by atoms with Gasteiger partial charge in [-0.1, -0.05) is 40.5 Å². The Hall–Kier alpha value is -2.16. The molecule has 9 heteroatoms. The number of aliphatic carboxylic acids is 1. The van der Waals surface area contributed by atoms with Gasteiger partial charge < -0.3 is 14.6 Å². The fraction of sp³-hybridized carbons (Fsp3) is 0.846. The Balaban J connectivity index is 0. The molecule has 0 aliphatic rings. The maximum atomic E-state index is 12.2. The van der Waals surface area contributed by atoms with Crippen LogP contribution in [-0.2, 0) is 33.5 Å². The van der Waals surface area contributed by atoms with E-state index in [4.69, 9.17) is 19.4 Å². The molecule has 0 aromatic heterocycles. The lowest BCUT2D eigenvalue weighted by Crippen LogP contribution is -2.37. The molecule has 0 aliphatic heterocycles. The topological polar surface area (TPSA) is 119 Å². The molecule has 0 aromatic carbocycles. The first-order chi connectivity index (χ1) is 15.8. The van der Waals surface area contributed by atoms with E-state index in [0.717, 1.165) is 12.8 Å². The lowest BCUT2D eigenvalue weighted by molar-refractivity contribution is -0.178. The number of ether oxygens (including phenoxy) is 2. The summed E-state index contributed by atoms with van der Waals surface area (Å²) in [6, 6.07) is 0. The molecule has 0 saturated carbocycles. The van der Waals surface area contributed by atoms with Crippen LogP contribution in [0.1, 0.15) is 94.9 Å². The standard InChI is InChI=1S/C14H27NO4.C12H22O4/c1-8-10(2)11(13(17)15(6)18-7)9-12(16)19-14(3,4)5;1-6-8(2)9(11(14)15)7-10(13)16-12(3,4)5/h10-11H,8-9H2,1-7H3;8-9H,6-7H2,1-5H3,(H,14,15)/t10-,11-;8-,9-/m00/s1. The predicted octanol–water partition coefficient (Wildman–Crippen LogP) is 4.87. The van der Waals surface area contributed by atoms with Crippen molar-refractivity contribution in [2.24, 2.45) is 23.7 Å². The number of rotatable bonds is 11. The van der Waals surface area contributed by atoms with Crippen molar-refractivity contribution in [3.05, 3.63) is 0 Å². The van der Waals surface area contributed by atoms with Gasteiger partial charge in [-0.05, 0) is 53.4 Å². The third kappa shape index (κ3) is 16.2. The molecular weight excluding hydrogens is 454 g/mol. The second-order valence-electron chi connectivity index (χ2n) is 10.9. The molecule has 0 radical (unpaired) electrons. The van der Waals surface area contributed by atoms with Crippen LogP contribution in [0, 0.1) is 23.7 Å². The number of hydrogen-bond donors (Lipinski definition) is 1. The number of amides is 1. The van der Waals surface area contributed by atoms with Crippen molar-refractivity contribution >= 4 is 23.8 Å².